The predicted octanol–water partition coefficient (Wildman–Crippen LogP) is 4.22. The third-order valence-electron chi connectivity index (χ3n) is 3.13. The van der Waals surface area contributed by atoms with E-state index >= 15 is 0 Å². The van der Waals surface area contributed by atoms with Gasteiger partial charge < -0.3 is 0 Å². The molecule has 0 aliphatic rings. The van der Waals surface area contributed by atoms with Gasteiger partial charge in [-0.05, 0) is 12.8 Å². The van der Waals surface area contributed by atoms with Gasteiger partial charge in [0.05, 0.1) is 12.2 Å². The quantitative estimate of drug-likeness (QED) is 0.709. The van der Waals surface area contributed by atoms with Crippen molar-refractivity contribution in [1.82, 2.24) is 9.78 Å². The van der Waals surface area contributed by atoms with Gasteiger partial charge in [0, 0.05) is 11.1 Å². The number of aromatic nitrogens is 2. The smallest absolute Gasteiger partial charge is 0.236 e. The van der Waals surface area contributed by atoms with Crippen LogP contribution >= 0.6 is 0 Å². The average Bonchev–Trinajstić information content (AvgIpc) is 2.74. The van der Waals surface area contributed by atoms with E-state index in [1.54, 1.807) is 10.8 Å². The summed E-state index contributed by atoms with van der Waals surface area (Å²) in [6.45, 7) is 6.34. The van der Waals surface area contributed by atoms with E-state index in [0.29, 0.717) is 6.54 Å². The normalized spacial score (nSPS) is 10.6. The van der Waals surface area contributed by atoms with Crippen molar-refractivity contribution in [2.75, 3.05) is 0 Å². The maximum atomic E-state index is 14.0. The zero-order chi connectivity index (χ0) is 13.7. The van der Waals surface area contributed by atoms with Crippen molar-refractivity contribution in [3.05, 3.63) is 54.5 Å². The fourth-order valence-corrected chi connectivity index (χ4v) is 2.22. The second kappa shape index (κ2) is 6.32. The summed E-state index contributed by atoms with van der Waals surface area (Å²) in [6.07, 6.45) is 4.48. The molecule has 0 spiro atoms. The first-order valence-corrected chi connectivity index (χ1v) is 6.69. The molecule has 0 amide bonds. The molecular formula is C16H19FN2. The molecule has 1 heterocycles. The number of allylic oxidation sites excluding steroid dienone is 1. The lowest BCUT2D eigenvalue weighted by Gasteiger charge is -2.07. The molecule has 1 aromatic heterocycles. The number of halogens is 1. The van der Waals surface area contributed by atoms with Gasteiger partial charge >= 0.3 is 0 Å². The topological polar surface area (TPSA) is 17.8 Å². The van der Waals surface area contributed by atoms with Crippen molar-refractivity contribution in [3.8, 4) is 11.3 Å². The first-order valence-electron chi connectivity index (χ1n) is 6.69. The van der Waals surface area contributed by atoms with E-state index in [1.165, 1.54) is 0 Å². The van der Waals surface area contributed by atoms with E-state index in [0.717, 1.165) is 36.1 Å². The molecule has 0 fully saturated rings. The number of rotatable bonds is 6. The van der Waals surface area contributed by atoms with E-state index in [4.69, 9.17) is 0 Å². The van der Waals surface area contributed by atoms with E-state index in [9.17, 15) is 4.39 Å². The van der Waals surface area contributed by atoms with Gasteiger partial charge in [-0.25, -0.2) is 0 Å². The first-order chi connectivity index (χ1) is 9.27. The lowest BCUT2D eigenvalue weighted by molar-refractivity contribution is 0.534. The van der Waals surface area contributed by atoms with Gasteiger partial charge in [0.2, 0.25) is 5.95 Å². The van der Waals surface area contributed by atoms with Crippen molar-refractivity contribution < 1.29 is 4.39 Å². The molecule has 2 aromatic rings. The molecule has 0 radical (unpaired) electrons. The highest BCUT2D eigenvalue weighted by atomic mass is 19.1. The Morgan fingerprint density at radius 1 is 1.32 bits per heavy atom. The molecule has 0 bridgehead atoms. The fraction of sp³-hybridized carbons (Fsp3) is 0.312. The lowest BCUT2D eigenvalue weighted by atomic mass is 10.0. The summed E-state index contributed by atoms with van der Waals surface area (Å²) in [4.78, 5) is 0. The van der Waals surface area contributed by atoms with Crippen LogP contribution in [0.2, 0.25) is 0 Å². The lowest BCUT2D eigenvalue weighted by Crippen LogP contribution is -2.01. The van der Waals surface area contributed by atoms with Crippen LogP contribution in [-0.4, -0.2) is 9.78 Å². The van der Waals surface area contributed by atoms with Crippen LogP contribution in [0.15, 0.2) is 43.0 Å². The zero-order valence-electron chi connectivity index (χ0n) is 11.3. The summed E-state index contributed by atoms with van der Waals surface area (Å²) in [5, 5.41) is 4.01. The van der Waals surface area contributed by atoms with E-state index in [-0.39, 0.29) is 5.95 Å². The first kappa shape index (κ1) is 13.5. The second-order valence-electron chi connectivity index (χ2n) is 4.56. The third-order valence-corrected chi connectivity index (χ3v) is 3.13. The summed E-state index contributed by atoms with van der Waals surface area (Å²) < 4.78 is 15.7. The minimum Gasteiger partial charge on any atom is -0.258 e. The molecule has 0 aliphatic heterocycles. The van der Waals surface area contributed by atoms with Gasteiger partial charge in [-0.1, -0.05) is 49.8 Å². The Morgan fingerprint density at radius 3 is 2.68 bits per heavy atom. The number of hydrogen-bond acceptors (Lipinski definition) is 1. The monoisotopic (exact) mass is 258 g/mol. The van der Waals surface area contributed by atoms with Crippen molar-refractivity contribution >= 4 is 0 Å². The summed E-state index contributed by atoms with van der Waals surface area (Å²) in [7, 11) is 0. The van der Waals surface area contributed by atoms with Crippen LogP contribution in [0.25, 0.3) is 11.3 Å². The Labute approximate surface area is 113 Å². The molecule has 1 aromatic carbocycles. The van der Waals surface area contributed by atoms with Crippen LogP contribution in [0, 0.1) is 5.95 Å². The molecule has 3 heteroatoms. The largest absolute Gasteiger partial charge is 0.258 e. The number of unbranched alkanes of at least 4 members (excludes halogenated alkanes) is 1. The summed E-state index contributed by atoms with van der Waals surface area (Å²) in [5.74, 6) is -0.353. The van der Waals surface area contributed by atoms with Crippen LogP contribution in [0.3, 0.4) is 0 Å². The second-order valence-corrected chi connectivity index (χ2v) is 4.56. The Morgan fingerprint density at radius 2 is 2.05 bits per heavy atom. The Kier molecular flexibility index (Phi) is 4.50. The number of benzene rings is 1. The summed E-state index contributed by atoms with van der Waals surface area (Å²) in [5.41, 5.74) is 2.60. The van der Waals surface area contributed by atoms with E-state index in [2.05, 4.69) is 18.6 Å². The van der Waals surface area contributed by atoms with Gasteiger partial charge in [-0.15, -0.1) is 11.7 Å². The highest BCUT2D eigenvalue weighted by Gasteiger charge is 2.18. The van der Waals surface area contributed by atoms with Gasteiger partial charge in [-0.2, -0.15) is 4.39 Å². The number of hydrogen-bond donors (Lipinski definition) is 0. The zero-order valence-corrected chi connectivity index (χ0v) is 11.3. The van der Waals surface area contributed by atoms with Crippen molar-refractivity contribution in [2.45, 2.75) is 32.7 Å². The minimum absolute atomic E-state index is 0.353. The molecule has 100 valence electrons. The molecule has 0 saturated carbocycles. The Hall–Kier alpha value is -1.90. The maximum Gasteiger partial charge on any atom is 0.236 e. The SMILES string of the molecule is C=CCn1nc(F)c(CCCC)c1-c1ccccc1. The molecule has 2 nitrogen and oxygen atoms in total. The Balaban J connectivity index is 2.50. The predicted molar refractivity (Wildman–Crippen MR) is 76.4 cm³/mol. The van der Waals surface area contributed by atoms with Crippen molar-refractivity contribution in [2.24, 2.45) is 0 Å². The van der Waals surface area contributed by atoms with Crippen LogP contribution < -0.4 is 0 Å². The van der Waals surface area contributed by atoms with Crippen LogP contribution in [0.5, 0.6) is 0 Å². The van der Waals surface area contributed by atoms with Gasteiger partial charge in [0.15, 0.2) is 0 Å². The molecule has 0 saturated heterocycles. The molecular weight excluding hydrogens is 239 g/mol. The maximum absolute atomic E-state index is 14.0. The molecule has 19 heavy (non-hydrogen) atoms. The van der Waals surface area contributed by atoms with E-state index < -0.39 is 0 Å². The molecule has 2 rings (SSSR count). The summed E-state index contributed by atoms with van der Waals surface area (Å²) in [6, 6.07) is 9.86. The van der Waals surface area contributed by atoms with Crippen molar-refractivity contribution in [1.29, 1.82) is 0 Å². The molecule has 0 atom stereocenters. The highest BCUT2D eigenvalue weighted by molar-refractivity contribution is 5.63. The van der Waals surface area contributed by atoms with Crippen LogP contribution in [0.1, 0.15) is 25.3 Å². The molecule has 0 N–H and O–H groups in total. The van der Waals surface area contributed by atoms with Gasteiger partial charge in [0.25, 0.3) is 0 Å². The third kappa shape index (κ3) is 2.92. The highest BCUT2D eigenvalue weighted by Crippen LogP contribution is 2.27. The van der Waals surface area contributed by atoms with Crippen molar-refractivity contribution in [3.63, 3.8) is 0 Å². The van der Waals surface area contributed by atoms with Crippen LogP contribution in [-0.2, 0) is 13.0 Å². The summed E-state index contributed by atoms with van der Waals surface area (Å²) >= 11 is 0. The van der Waals surface area contributed by atoms with Gasteiger partial charge in [0.1, 0.15) is 0 Å². The minimum atomic E-state index is -0.353. The Bertz CT molecular complexity index is 543. The van der Waals surface area contributed by atoms with Crippen LogP contribution in [0.4, 0.5) is 4.39 Å². The van der Waals surface area contributed by atoms with Gasteiger partial charge in [-0.3, -0.25) is 4.68 Å². The fourth-order valence-electron chi connectivity index (χ4n) is 2.22. The standard InChI is InChI=1S/C16H19FN2/c1-3-5-11-14-15(13-9-7-6-8-10-13)19(12-4-2)18-16(14)17/h4,6-10H,2-3,5,11-12H2,1H3. The average molecular weight is 258 g/mol. The van der Waals surface area contributed by atoms with E-state index in [1.807, 2.05) is 30.3 Å². The molecule has 0 aliphatic carbocycles. The number of nitrogens with zero attached hydrogens (tertiary/aromatic N) is 2. The molecule has 0 unspecified atom stereocenters.